The lowest BCUT2D eigenvalue weighted by atomic mass is 9.40. The van der Waals surface area contributed by atoms with E-state index in [2.05, 4.69) is 93.5 Å². The monoisotopic (exact) mass is 534 g/mol. The highest BCUT2D eigenvalue weighted by atomic mass is 16.5. The van der Waals surface area contributed by atoms with E-state index in [0.717, 1.165) is 56.9 Å². The molecule has 4 atom stereocenters. The summed E-state index contributed by atoms with van der Waals surface area (Å²) in [7, 11) is 0. The van der Waals surface area contributed by atoms with Crippen molar-refractivity contribution in [2.75, 3.05) is 0 Å². The standard InChI is InChI=1S/C36H54O3/c1-25(2)13-11-15-28(7)16-17-29-24-33(8,9)39-31-23-30(37)36(20-18-27(5)6)32(38)35(29,31)22-21-34(36,10)19-12-14-26(3)4/h13-14,16,18,23,29H,11-12,15,17,19-22,24H2,1-10H3/b28-16+/t29-,34-,35+,36+/m0/s1. The summed E-state index contributed by atoms with van der Waals surface area (Å²) >= 11 is 0. The SMILES string of the molecule is CC(C)=CCC/C(C)=C/C[C@H]1CC(C)(C)OC2=CC(=O)[C@]3(CC=C(C)C)C(=O)[C@@]21CC[C@]3(C)CCC=C(C)C. The van der Waals surface area contributed by atoms with Crippen LogP contribution >= 0.6 is 0 Å². The van der Waals surface area contributed by atoms with E-state index in [1.807, 2.05) is 0 Å². The summed E-state index contributed by atoms with van der Waals surface area (Å²) in [4.78, 5) is 29.4. The summed E-state index contributed by atoms with van der Waals surface area (Å²) in [5.74, 6) is 0.866. The Kier molecular flexibility index (Phi) is 9.45. The van der Waals surface area contributed by atoms with Crippen LogP contribution in [-0.2, 0) is 14.3 Å². The van der Waals surface area contributed by atoms with Gasteiger partial charge in [-0.1, -0.05) is 53.5 Å². The zero-order valence-corrected chi connectivity index (χ0v) is 26.6. The number of ketones is 2. The molecule has 1 heterocycles. The van der Waals surface area contributed by atoms with Gasteiger partial charge in [0.05, 0.1) is 5.41 Å². The Labute approximate surface area is 238 Å². The number of Topliss-reactive ketones (excluding diaryl/α,β-unsaturated/α-hetero) is 1. The number of fused-ring (bicyclic) bond motifs is 1. The summed E-state index contributed by atoms with van der Waals surface area (Å²) in [6.45, 7) is 21.3. The van der Waals surface area contributed by atoms with Gasteiger partial charge in [-0.3, -0.25) is 9.59 Å². The van der Waals surface area contributed by atoms with Crippen molar-refractivity contribution in [1.29, 1.82) is 0 Å². The van der Waals surface area contributed by atoms with Crippen LogP contribution in [0.15, 0.2) is 58.4 Å². The average molecular weight is 535 g/mol. The van der Waals surface area contributed by atoms with Crippen molar-refractivity contribution in [1.82, 2.24) is 0 Å². The van der Waals surface area contributed by atoms with Crippen LogP contribution in [0.4, 0.5) is 0 Å². The molecule has 3 heteroatoms. The molecule has 39 heavy (non-hydrogen) atoms. The van der Waals surface area contributed by atoms with Crippen LogP contribution in [-0.4, -0.2) is 17.2 Å². The fourth-order valence-corrected chi connectivity index (χ4v) is 7.42. The van der Waals surface area contributed by atoms with Crippen molar-refractivity contribution in [3.05, 3.63) is 58.4 Å². The van der Waals surface area contributed by atoms with E-state index in [-0.39, 0.29) is 22.9 Å². The number of carbonyl (C=O) groups is 2. The summed E-state index contributed by atoms with van der Waals surface area (Å²) in [5, 5.41) is 0. The molecule has 0 aromatic rings. The minimum absolute atomic E-state index is 0.0417. The molecule has 1 saturated carbocycles. The Bertz CT molecular complexity index is 1110. The van der Waals surface area contributed by atoms with Crippen molar-refractivity contribution >= 4 is 11.6 Å². The summed E-state index contributed by atoms with van der Waals surface area (Å²) in [5.41, 5.74) is 2.61. The van der Waals surface area contributed by atoms with Gasteiger partial charge in [-0.05, 0) is 131 Å². The zero-order chi connectivity index (χ0) is 29.2. The number of carbonyl (C=O) groups excluding carboxylic acids is 2. The largest absolute Gasteiger partial charge is 0.491 e. The molecule has 2 bridgehead atoms. The number of hydrogen-bond acceptors (Lipinski definition) is 3. The third-order valence-corrected chi connectivity index (χ3v) is 9.75. The normalized spacial score (nSPS) is 31.5. The first-order valence-electron chi connectivity index (χ1n) is 15.2. The molecule has 3 rings (SSSR count). The predicted molar refractivity (Wildman–Crippen MR) is 163 cm³/mol. The quantitative estimate of drug-likeness (QED) is 0.207. The van der Waals surface area contributed by atoms with Crippen molar-refractivity contribution in [2.24, 2.45) is 22.2 Å². The van der Waals surface area contributed by atoms with Crippen LogP contribution in [0.25, 0.3) is 0 Å². The molecule has 1 spiro atoms. The third kappa shape index (κ3) is 6.13. The fourth-order valence-electron chi connectivity index (χ4n) is 7.42. The highest BCUT2D eigenvalue weighted by Crippen LogP contribution is 2.67. The zero-order valence-electron chi connectivity index (χ0n) is 26.6. The lowest BCUT2D eigenvalue weighted by molar-refractivity contribution is -0.183. The van der Waals surface area contributed by atoms with Gasteiger partial charge < -0.3 is 4.74 Å². The van der Waals surface area contributed by atoms with Gasteiger partial charge in [0.2, 0.25) is 0 Å². The van der Waals surface area contributed by atoms with E-state index >= 15 is 4.79 Å². The molecule has 0 aromatic heterocycles. The Morgan fingerprint density at radius 2 is 1.49 bits per heavy atom. The summed E-state index contributed by atoms with van der Waals surface area (Å²) < 4.78 is 6.54. The van der Waals surface area contributed by atoms with E-state index in [9.17, 15) is 4.79 Å². The second-order valence-electron chi connectivity index (χ2n) is 14.3. The van der Waals surface area contributed by atoms with Gasteiger partial charge in [0, 0.05) is 6.08 Å². The van der Waals surface area contributed by atoms with Gasteiger partial charge in [0.15, 0.2) is 11.6 Å². The predicted octanol–water partition coefficient (Wildman–Crippen LogP) is 9.80. The highest BCUT2D eigenvalue weighted by Gasteiger charge is 2.71. The second kappa shape index (κ2) is 11.8. The molecule has 0 unspecified atom stereocenters. The maximum atomic E-state index is 15.1. The molecule has 2 fully saturated rings. The first-order chi connectivity index (χ1) is 18.1. The topological polar surface area (TPSA) is 43.4 Å². The van der Waals surface area contributed by atoms with Crippen LogP contribution in [0, 0.1) is 22.2 Å². The molecule has 3 aliphatic rings. The van der Waals surface area contributed by atoms with E-state index in [1.54, 1.807) is 6.08 Å². The van der Waals surface area contributed by atoms with Gasteiger partial charge in [-0.2, -0.15) is 0 Å². The van der Waals surface area contributed by atoms with Crippen molar-refractivity contribution in [2.45, 2.75) is 133 Å². The van der Waals surface area contributed by atoms with E-state index in [1.165, 1.54) is 16.7 Å². The lowest BCUT2D eigenvalue weighted by Gasteiger charge is -2.62. The molecule has 3 nitrogen and oxygen atoms in total. The minimum atomic E-state index is -1.03. The first-order valence-corrected chi connectivity index (χ1v) is 15.2. The molecule has 2 aliphatic carbocycles. The third-order valence-electron chi connectivity index (χ3n) is 9.75. The Morgan fingerprint density at radius 1 is 0.872 bits per heavy atom. The first kappa shape index (κ1) is 31.4. The summed E-state index contributed by atoms with van der Waals surface area (Å²) in [6.07, 6.45) is 18.4. The van der Waals surface area contributed by atoms with Crippen LogP contribution in [0.3, 0.4) is 0 Å². The number of ether oxygens (including phenoxy) is 1. The van der Waals surface area contributed by atoms with Crippen LogP contribution < -0.4 is 0 Å². The number of rotatable bonds is 10. The molecule has 0 amide bonds. The van der Waals surface area contributed by atoms with Crippen LogP contribution in [0.5, 0.6) is 0 Å². The molecule has 1 saturated heterocycles. The van der Waals surface area contributed by atoms with Gasteiger partial charge >= 0.3 is 0 Å². The number of allylic oxidation sites excluding steroid dienone is 10. The lowest BCUT2D eigenvalue weighted by Crippen LogP contribution is -2.67. The van der Waals surface area contributed by atoms with Crippen LogP contribution in [0.2, 0.25) is 0 Å². The Balaban J connectivity index is 2.10. The maximum Gasteiger partial charge on any atom is 0.173 e. The van der Waals surface area contributed by atoms with E-state index in [4.69, 9.17) is 4.74 Å². The van der Waals surface area contributed by atoms with Gasteiger partial charge in [0.25, 0.3) is 0 Å². The Morgan fingerprint density at radius 3 is 2.10 bits per heavy atom. The maximum absolute atomic E-state index is 15.1. The van der Waals surface area contributed by atoms with Crippen molar-refractivity contribution in [3.8, 4) is 0 Å². The molecular formula is C36H54O3. The van der Waals surface area contributed by atoms with E-state index in [0.29, 0.717) is 12.2 Å². The molecule has 216 valence electrons. The van der Waals surface area contributed by atoms with Gasteiger partial charge in [-0.15, -0.1) is 0 Å². The Hall–Kier alpha value is -2.16. The minimum Gasteiger partial charge on any atom is -0.491 e. The molecule has 0 N–H and O–H groups in total. The smallest absolute Gasteiger partial charge is 0.173 e. The summed E-state index contributed by atoms with van der Waals surface area (Å²) in [6, 6.07) is 0. The molecule has 1 aliphatic heterocycles. The molecule has 0 aromatic carbocycles. The molecule has 0 radical (unpaired) electrons. The highest BCUT2D eigenvalue weighted by molar-refractivity contribution is 6.19. The average Bonchev–Trinajstić information content (AvgIpc) is 2.80. The van der Waals surface area contributed by atoms with Crippen molar-refractivity contribution in [3.63, 3.8) is 0 Å². The van der Waals surface area contributed by atoms with Crippen LogP contribution in [0.1, 0.15) is 127 Å². The van der Waals surface area contributed by atoms with Gasteiger partial charge in [-0.25, -0.2) is 0 Å². The van der Waals surface area contributed by atoms with Gasteiger partial charge in [0.1, 0.15) is 16.8 Å². The van der Waals surface area contributed by atoms with E-state index < -0.39 is 16.4 Å². The van der Waals surface area contributed by atoms with Crippen molar-refractivity contribution < 1.29 is 14.3 Å². The fraction of sp³-hybridized carbons (Fsp3) is 0.667. The molecular weight excluding hydrogens is 480 g/mol. The second-order valence-corrected chi connectivity index (χ2v) is 14.3. The number of hydrogen-bond donors (Lipinski definition) is 0.